The Bertz CT molecular complexity index is 643. The quantitative estimate of drug-likeness (QED) is 0.732. The number of hydrogen-bond acceptors (Lipinski definition) is 2. The van der Waals surface area contributed by atoms with E-state index in [1.807, 2.05) is 12.1 Å². The molecule has 1 aliphatic rings. The van der Waals surface area contributed by atoms with Gasteiger partial charge in [-0.15, -0.1) is 0 Å². The Balaban J connectivity index is 1.80. The number of allylic oxidation sites excluding steroid dienone is 1. The smallest absolute Gasteiger partial charge is 0.0602 e. The fourth-order valence-corrected chi connectivity index (χ4v) is 3.48. The first-order valence-corrected chi connectivity index (χ1v) is 9.03. The van der Waals surface area contributed by atoms with Crippen LogP contribution in [-0.4, -0.2) is 42.5 Å². The molecular weight excluding hydrogens is 316 g/mol. The summed E-state index contributed by atoms with van der Waals surface area (Å²) in [6.07, 6.45) is 4.37. The topological polar surface area (TPSA) is 6.48 Å². The maximum absolute atomic E-state index is 6.09. The van der Waals surface area contributed by atoms with E-state index in [0.717, 1.165) is 37.7 Å². The highest BCUT2D eigenvalue weighted by molar-refractivity contribution is 6.30. The van der Waals surface area contributed by atoms with Crippen LogP contribution < -0.4 is 0 Å². The average Bonchev–Trinajstić information content (AvgIpc) is 2.64. The summed E-state index contributed by atoms with van der Waals surface area (Å²) in [6.45, 7) is 7.53. The second kappa shape index (κ2) is 8.48. The van der Waals surface area contributed by atoms with E-state index in [-0.39, 0.29) is 0 Å². The molecule has 2 nitrogen and oxygen atoms in total. The molecule has 0 aliphatic carbocycles. The third-order valence-electron chi connectivity index (χ3n) is 4.67. The molecule has 1 atom stereocenters. The third kappa shape index (κ3) is 4.27. The monoisotopic (exact) mass is 340 g/mol. The van der Waals surface area contributed by atoms with E-state index in [0.29, 0.717) is 6.04 Å². The first kappa shape index (κ1) is 17.2. The molecule has 1 aliphatic heterocycles. The van der Waals surface area contributed by atoms with E-state index in [1.165, 1.54) is 11.1 Å². The predicted molar refractivity (Wildman–Crippen MR) is 103 cm³/mol. The minimum Gasteiger partial charge on any atom is -0.297 e. The van der Waals surface area contributed by atoms with Gasteiger partial charge in [-0.25, -0.2) is 0 Å². The van der Waals surface area contributed by atoms with Crippen molar-refractivity contribution >= 4 is 11.6 Å². The lowest BCUT2D eigenvalue weighted by Crippen LogP contribution is -2.47. The minimum atomic E-state index is 0.298. The van der Waals surface area contributed by atoms with Gasteiger partial charge in [0.15, 0.2) is 0 Å². The zero-order valence-electron chi connectivity index (χ0n) is 14.2. The molecule has 0 amide bonds. The molecule has 0 spiro atoms. The van der Waals surface area contributed by atoms with Crippen molar-refractivity contribution < 1.29 is 0 Å². The Morgan fingerprint density at radius 3 is 2.17 bits per heavy atom. The highest BCUT2D eigenvalue weighted by Gasteiger charge is 2.25. The van der Waals surface area contributed by atoms with E-state index in [9.17, 15) is 0 Å². The van der Waals surface area contributed by atoms with Gasteiger partial charge in [-0.1, -0.05) is 66.2 Å². The molecule has 24 heavy (non-hydrogen) atoms. The summed E-state index contributed by atoms with van der Waals surface area (Å²) < 4.78 is 0. The van der Waals surface area contributed by atoms with E-state index in [1.54, 1.807) is 0 Å². The summed E-state index contributed by atoms with van der Waals surface area (Å²) in [7, 11) is 0. The van der Waals surface area contributed by atoms with Gasteiger partial charge in [0.25, 0.3) is 0 Å². The molecule has 0 bridgehead atoms. The van der Waals surface area contributed by atoms with Crippen molar-refractivity contribution in [3.8, 4) is 0 Å². The summed E-state index contributed by atoms with van der Waals surface area (Å²) in [5.41, 5.74) is 2.66. The highest BCUT2D eigenvalue weighted by Crippen LogP contribution is 2.30. The Hall–Kier alpha value is -1.61. The fraction of sp³-hybridized carbons (Fsp3) is 0.333. The van der Waals surface area contributed by atoms with Crippen molar-refractivity contribution in [2.45, 2.75) is 13.0 Å². The summed E-state index contributed by atoms with van der Waals surface area (Å²) in [5.74, 6) is 0. The molecule has 1 fully saturated rings. The minimum absolute atomic E-state index is 0.298. The first-order chi connectivity index (χ1) is 11.8. The normalized spacial score (nSPS) is 18.1. The van der Waals surface area contributed by atoms with E-state index < -0.39 is 0 Å². The number of hydrogen-bond donors (Lipinski definition) is 0. The lowest BCUT2D eigenvalue weighted by atomic mass is 9.96. The average molecular weight is 341 g/mol. The molecule has 1 heterocycles. The van der Waals surface area contributed by atoms with Crippen LogP contribution >= 0.6 is 11.6 Å². The Labute approximate surface area is 150 Å². The number of benzene rings is 2. The number of rotatable bonds is 5. The van der Waals surface area contributed by atoms with Crippen LogP contribution in [0.3, 0.4) is 0 Å². The van der Waals surface area contributed by atoms with E-state index >= 15 is 0 Å². The molecule has 0 radical (unpaired) electrons. The van der Waals surface area contributed by atoms with Crippen LogP contribution in [0.1, 0.15) is 24.1 Å². The SMILES string of the molecule is CC=CCN1CCN([C@H](c2ccccc2)c2ccc(Cl)cc2)CC1. The molecule has 126 valence electrons. The molecule has 2 aromatic rings. The summed E-state index contributed by atoms with van der Waals surface area (Å²) in [5, 5.41) is 0.793. The van der Waals surface area contributed by atoms with Crippen molar-refractivity contribution in [1.82, 2.24) is 9.80 Å². The molecule has 0 N–H and O–H groups in total. The van der Waals surface area contributed by atoms with Crippen molar-refractivity contribution in [3.63, 3.8) is 0 Å². The molecular formula is C21H25ClN2. The largest absolute Gasteiger partial charge is 0.297 e. The van der Waals surface area contributed by atoms with Gasteiger partial charge in [0.05, 0.1) is 6.04 Å². The standard InChI is InChI=1S/C21H25ClN2/c1-2-3-13-23-14-16-24(17-15-23)21(18-7-5-4-6-8-18)19-9-11-20(22)12-10-19/h2-12,21H,13-17H2,1H3/t21-/m1/s1. The summed E-state index contributed by atoms with van der Waals surface area (Å²) in [6, 6.07) is 19.4. The lowest BCUT2D eigenvalue weighted by molar-refractivity contribution is 0.117. The van der Waals surface area contributed by atoms with E-state index in [4.69, 9.17) is 11.6 Å². The first-order valence-electron chi connectivity index (χ1n) is 8.66. The van der Waals surface area contributed by atoms with Gasteiger partial charge >= 0.3 is 0 Å². The molecule has 1 saturated heterocycles. The van der Waals surface area contributed by atoms with Gasteiger partial charge < -0.3 is 0 Å². The number of nitrogens with zero attached hydrogens (tertiary/aromatic N) is 2. The number of piperazine rings is 1. The summed E-state index contributed by atoms with van der Waals surface area (Å²) in [4.78, 5) is 5.10. The van der Waals surface area contributed by atoms with Gasteiger partial charge in [0.1, 0.15) is 0 Å². The Morgan fingerprint density at radius 1 is 0.917 bits per heavy atom. The van der Waals surface area contributed by atoms with Gasteiger partial charge in [0, 0.05) is 37.7 Å². The second-order valence-electron chi connectivity index (χ2n) is 6.27. The number of halogens is 1. The van der Waals surface area contributed by atoms with Gasteiger partial charge in [-0.2, -0.15) is 0 Å². The zero-order chi connectivity index (χ0) is 16.8. The second-order valence-corrected chi connectivity index (χ2v) is 6.71. The van der Waals surface area contributed by atoms with Crippen LogP contribution in [0.15, 0.2) is 66.7 Å². The molecule has 3 heteroatoms. The maximum atomic E-state index is 6.09. The molecule has 0 aromatic heterocycles. The van der Waals surface area contributed by atoms with Crippen LogP contribution in [0.4, 0.5) is 0 Å². The third-order valence-corrected chi connectivity index (χ3v) is 4.92. The molecule has 2 aromatic carbocycles. The molecule has 0 unspecified atom stereocenters. The lowest BCUT2D eigenvalue weighted by Gasteiger charge is -2.39. The maximum Gasteiger partial charge on any atom is 0.0602 e. The van der Waals surface area contributed by atoms with E-state index in [2.05, 4.69) is 71.3 Å². The predicted octanol–water partition coefficient (Wildman–Crippen LogP) is 4.62. The molecule has 3 rings (SSSR count). The van der Waals surface area contributed by atoms with Crippen LogP contribution in [0.25, 0.3) is 0 Å². The van der Waals surface area contributed by atoms with Crippen LogP contribution in [-0.2, 0) is 0 Å². The van der Waals surface area contributed by atoms with Gasteiger partial charge in [0.2, 0.25) is 0 Å². The van der Waals surface area contributed by atoms with Crippen molar-refractivity contribution in [2.24, 2.45) is 0 Å². The van der Waals surface area contributed by atoms with Crippen LogP contribution in [0.2, 0.25) is 5.02 Å². The zero-order valence-corrected chi connectivity index (χ0v) is 15.0. The van der Waals surface area contributed by atoms with Gasteiger partial charge in [-0.05, 0) is 30.2 Å². The Kier molecular flexibility index (Phi) is 6.08. The fourth-order valence-electron chi connectivity index (χ4n) is 3.35. The van der Waals surface area contributed by atoms with Crippen LogP contribution in [0.5, 0.6) is 0 Å². The van der Waals surface area contributed by atoms with Crippen molar-refractivity contribution in [1.29, 1.82) is 0 Å². The molecule has 0 saturated carbocycles. The van der Waals surface area contributed by atoms with Crippen molar-refractivity contribution in [2.75, 3.05) is 32.7 Å². The Morgan fingerprint density at radius 2 is 1.54 bits per heavy atom. The highest BCUT2D eigenvalue weighted by atomic mass is 35.5. The summed E-state index contributed by atoms with van der Waals surface area (Å²) >= 11 is 6.09. The van der Waals surface area contributed by atoms with Gasteiger partial charge in [-0.3, -0.25) is 9.80 Å². The van der Waals surface area contributed by atoms with Crippen LogP contribution in [0, 0.1) is 0 Å². The van der Waals surface area contributed by atoms with Crippen molar-refractivity contribution in [3.05, 3.63) is 82.9 Å².